The minimum absolute atomic E-state index is 0.220. The van der Waals surface area contributed by atoms with Gasteiger partial charge in [0, 0.05) is 22.4 Å². The highest BCUT2D eigenvalue weighted by Crippen LogP contribution is 2.09. The lowest BCUT2D eigenvalue weighted by Gasteiger charge is -2.04. The van der Waals surface area contributed by atoms with Crippen molar-refractivity contribution in [3.05, 3.63) is 0 Å². The summed E-state index contributed by atoms with van der Waals surface area (Å²) in [5, 5.41) is 0. The zero-order valence-electron chi connectivity index (χ0n) is 11.2. The predicted octanol–water partition coefficient (Wildman–Crippen LogP) is 2.41. The molecule has 0 saturated heterocycles. The maximum absolute atomic E-state index is 10.6. The second-order valence-corrected chi connectivity index (χ2v) is 9.04. The highest BCUT2D eigenvalue weighted by Gasteiger charge is 2.00. The Morgan fingerprint density at radius 2 is 0.900 bits per heavy atom. The van der Waals surface area contributed by atoms with Gasteiger partial charge in [-0.05, 0) is 12.8 Å². The smallest absolute Gasteiger partial charge is 0.266 e. The summed E-state index contributed by atoms with van der Waals surface area (Å²) in [7, 11) is -6.94. The molecule has 0 aliphatic carbocycles. The molecule has 0 aliphatic heterocycles. The largest absolute Gasteiger partial charge is 0.285 e. The molecule has 10 heteroatoms. The summed E-state index contributed by atoms with van der Waals surface area (Å²) in [4.78, 5) is 0. The molecule has 0 aromatic heterocycles. The maximum atomic E-state index is 10.6. The highest BCUT2D eigenvalue weighted by atomic mass is 32.9. The molecule has 0 aromatic rings. The molecule has 0 aliphatic rings. The van der Waals surface area contributed by atoms with Crippen LogP contribution in [-0.2, 0) is 48.8 Å². The van der Waals surface area contributed by atoms with Crippen LogP contribution in [-0.4, -0.2) is 30.7 Å². The summed E-state index contributed by atoms with van der Waals surface area (Å²) in [5.74, 6) is 0. The molecule has 0 saturated carbocycles. The van der Waals surface area contributed by atoms with E-state index in [1.807, 2.05) is 0 Å². The lowest BCUT2D eigenvalue weighted by Crippen LogP contribution is -2.03. The van der Waals surface area contributed by atoms with Gasteiger partial charge in [0.25, 0.3) is 18.1 Å². The van der Waals surface area contributed by atoms with Gasteiger partial charge in [-0.3, -0.25) is 17.5 Å². The normalized spacial score (nSPS) is 17.5. The Morgan fingerprint density at radius 1 is 0.650 bits per heavy atom. The van der Waals surface area contributed by atoms with E-state index in [0.29, 0.717) is 0 Å². The first-order valence-electron chi connectivity index (χ1n) is 6.44. The number of rotatable bonds is 13. The highest BCUT2D eigenvalue weighted by molar-refractivity contribution is 8.27. The molecule has 122 valence electrons. The molecule has 6 nitrogen and oxygen atoms in total. The summed E-state index contributed by atoms with van der Waals surface area (Å²) in [6.07, 6.45) is 7.59. The molecule has 0 heterocycles. The van der Waals surface area contributed by atoms with Gasteiger partial charge < -0.3 is 0 Å². The van der Waals surface area contributed by atoms with Crippen molar-refractivity contribution in [2.75, 3.05) is 13.2 Å². The quantitative estimate of drug-likeness (QED) is 0.480. The van der Waals surface area contributed by atoms with E-state index in [1.54, 1.807) is 0 Å². The topological polar surface area (TPSA) is 93.1 Å². The van der Waals surface area contributed by atoms with Gasteiger partial charge in [-0.2, -0.15) is 8.42 Å². The molecule has 2 unspecified atom stereocenters. The van der Waals surface area contributed by atoms with Crippen LogP contribution in [0.4, 0.5) is 0 Å². The van der Waals surface area contributed by atoms with Gasteiger partial charge in [-0.1, -0.05) is 38.5 Å². The molecular formula is C10H22O6S4. The van der Waals surface area contributed by atoms with Crippen molar-refractivity contribution < 1.29 is 25.9 Å². The van der Waals surface area contributed by atoms with E-state index >= 15 is 0 Å². The lowest BCUT2D eigenvalue weighted by molar-refractivity contribution is 0.291. The van der Waals surface area contributed by atoms with Gasteiger partial charge in [0.1, 0.15) is 0 Å². The number of unbranched alkanes of at least 4 members (excludes halogenated alkanes) is 7. The fourth-order valence-electron chi connectivity index (χ4n) is 1.59. The van der Waals surface area contributed by atoms with Crippen molar-refractivity contribution >= 4 is 40.5 Å². The van der Waals surface area contributed by atoms with Crippen LogP contribution in [0.25, 0.3) is 0 Å². The Hall–Kier alpha value is 0.580. The monoisotopic (exact) mass is 366 g/mol. The van der Waals surface area contributed by atoms with E-state index in [1.165, 1.54) is 0 Å². The van der Waals surface area contributed by atoms with Crippen LogP contribution in [0.15, 0.2) is 0 Å². The average Bonchev–Trinajstić information content (AvgIpc) is 2.27. The van der Waals surface area contributed by atoms with Crippen LogP contribution in [0, 0.1) is 0 Å². The lowest BCUT2D eigenvalue weighted by atomic mass is 10.1. The molecule has 0 aromatic carbocycles. The fraction of sp³-hybridized carbons (Fsp3) is 1.00. The molecule has 0 rings (SSSR count). The van der Waals surface area contributed by atoms with Gasteiger partial charge in [-0.15, -0.1) is 0 Å². The van der Waals surface area contributed by atoms with Crippen molar-refractivity contribution in [3.8, 4) is 0 Å². The molecule has 0 amide bonds. The summed E-state index contributed by atoms with van der Waals surface area (Å²) >= 11 is 8.38. The fourth-order valence-corrected chi connectivity index (χ4v) is 2.66. The van der Waals surface area contributed by atoms with E-state index in [0.717, 1.165) is 51.4 Å². The second kappa shape index (κ2) is 11.2. The summed E-state index contributed by atoms with van der Waals surface area (Å²) in [6, 6.07) is 0. The van der Waals surface area contributed by atoms with E-state index in [9.17, 15) is 8.42 Å². The van der Waals surface area contributed by atoms with Crippen molar-refractivity contribution in [1.29, 1.82) is 0 Å². The van der Waals surface area contributed by atoms with E-state index in [2.05, 4.69) is 30.7 Å². The molecule has 0 fully saturated rings. The number of hydrogen-bond acceptors (Lipinski definition) is 6. The molecular weight excluding hydrogens is 344 g/mol. The average molecular weight is 367 g/mol. The van der Waals surface area contributed by atoms with Crippen molar-refractivity contribution in [2.45, 2.75) is 51.4 Å². The summed E-state index contributed by atoms with van der Waals surface area (Å²) in [6.45, 7) is 0.440. The van der Waals surface area contributed by atoms with Crippen molar-refractivity contribution in [1.82, 2.24) is 0 Å². The van der Waals surface area contributed by atoms with Gasteiger partial charge in [0.2, 0.25) is 0 Å². The third-order valence-electron chi connectivity index (χ3n) is 2.50. The van der Waals surface area contributed by atoms with Gasteiger partial charge in [0.15, 0.2) is 0 Å². The van der Waals surface area contributed by atoms with Crippen LogP contribution in [0.1, 0.15) is 51.4 Å². The predicted molar refractivity (Wildman–Crippen MR) is 85.1 cm³/mol. The van der Waals surface area contributed by atoms with Crippen LogP contribution >= 0.6 is 0 Å². The Bertz CT molecular complexity index is 389. The van der Waals surface area contributed by atoms with E-state index in [-0.39, 0.29) is 13.2 Å². The van der Waals surface area contributed by atoms with Crippen molar-refractivity contribution in [2.24, 2.45) is 0 Å². The Kier molecular flexibility index (Phi) is 11.5. The van der Waals surface area contributed by atoms with E-state index < -0.39 is 18.1 Å². The SMILES string of the molecule is O=S(O)(=S)OCCCCCCCCCCOS(=O)(O)=S. The zero-order chi connectivity index (χ0) is 15.5. The third kappa shape index (κ3) is 18.6. The molecule has 2 atom stereocenters. The summed E-state index contributed by atoms with van der Waals surface area (Å²) < 4.78 is 47.7. The molecule has 0 bridgehead atoms. The van der Waals surface area contributed by atoms with Gasteiger partial charge >= 0.3 is 0 Å². The van der Waals surface area contributed by atoms with Gasteiger partial charge in [0.05, 0.1) is 13.2 Å². The Morgan fingerprint density at radius 3 is 1.15 bits per heavy atom. The molecule has 0 radical (unpaired) electrons. The van der Waals surface area contributed by atoms with Gasteiger partial charge in [-0.25, -0.2) is 0 Å². The first-order chi connectivity index (χ1) is 9.21. The maximum Gasteiger partial charge on any atom is 0.266 e. The standard InChI is InChI=1S/C10H22O6S4/c11-19(12,17)15-9-7-5-3-1-2-4-6-8-10-16-20(13,14)18/h1-10H2,(H,11,12,17)(H,13,14,18). The van der Waals surface area contributed by atoms with Crippen LogP contribution in [0.5, 0.6) is 0 Å². The van der Waals surface area contributed by atoms with E-state index in [4.69, 9.17) is 9.11 Å². The Labute approximate surface area is 131 Å². The first-order valence-corrected chi connectivity index (χ1v) is 11.2. The van der Waals surface area contributed by atoms with Crippen molar-refractivity contribution in [3.63, 3.8) is 0 Å². The van der Waals surface area contributed by atoms with Crippen LogP contribution in [0.3, 0.4) is 0 Å². The first kappa shape index (κ1) is 20.6. The zero-order valence-corrected chi connectivity index (χ0v) is 14.5. The van der Waals surface area contributed by atoms with Crippen LogP contribution in [0.2, 0.25) is 0 Å². The second-order valence-electron chi connectivity index (χ2n) is 4.33. The minimum Gasteiger partial charge on any atom is -0.285 e. The third-order valence-corrected chi connectivity index (χ3v) is 4.01. The number of hydrogen-bond donors (Lipinski definition) is 2. The minimum atomic E-state index is -3.47. The molecule has 2 N–H and O–H groups in total. The summed E-state index contributed by atoms with van der Waals surface area (Å²) in [5.41, 5.74) is 0. The molecule has 20 heavy (non-hydrogen) atoms. The Balaban J connectivity index is 3.18. The van der Waals surface area contributed by atoms with Crippen LogP contribution < -0.4 is 0 Å². The molecule has 0 spiro atoms.